The van der Waals surface area contributed by atoms with E-state index in [2.05, 4.69) is 15.7 Å². The maximum absolute atomic E-state index is 11.6. The average molecular weight is 266 g/mol. The summed E-state index contributed by atoms with van der Waals surface area (Å²) in [6, 6.07) is 0.338. The van der Waals surface area contributed by atoms with Crippen molar-refractivity contribution in [3.63, 3.8) is 0 Å². The van der Waals surface area contributed by atoms with E-state index < -0.39 is 6.10 Å². The maximum atomic E-state index is 11.6. The molecule has 7 nitrogen and oxygen atoms in total. The van der Waals surface area contributed by atoms with E-state index in [1.807, 2.05) is 0 Å². The van der Waals surface area contributed by atoms with Crippen molar-refractivity contribution < 1.29 is 14.3 Å². The summed E-state index contributed by atoms with van der Waals surface area (Å²) < 4.78 is 6.39. The number of anilines is 1. The Morgan fingerprint density at radius 2 is 2.32 bits per heavy atom. The van der Waals surface area contributed by atoms with Crippen LogP contribution in [-0.2, 0) is 20.9 Å². The number of nitrogens with zero attached hydrogens (tertiary/aromatic N) is 2. The number of hydrogen-bond donors (Lipinski definition) is 2. The fourth-order valence-corrected chi connectivity index (χ4v) is 1.51. The zero-order valence-electron chi connectivity index (χ0n) is 11.0. The molecule has 1 heterocycles. The number of ether oxygens (including phenoxy) is 1. The SMILES string of the molecule is COC(C)C(=O)Nc1cnn(CC(=O)NC2CC2)c1. The monoisotopic (exact) mass is 266 g/mol. The Hall–Kier alpha value is -1.89. The van der Waals surface area contributed by atoms with Gasteiger partial charge in [0.05, 0.1) is 11.9 Å². The van der Waals surface area contributed by atoms with Crippen LogP contribution in [0.25, 0.3) is 0 Å². The Bertz CT molecular complexity index is 467. The van der Waals surface area contributed by atoms with Gasteiger partial charge >= 0.3 is 0 Å². The highest BCUT2D eigenvalue weighted by Crippen LogP contribution is 2.18. The third kappa shape index (κ3) is 4.06. The predicted molar refractivity (Wildman–Crippen MR) is 68.5 cm³/mol. The second kappa shape index (κ2) is 5.83. The standard InChI is InChI=1S/C12H18N4O3/c1-8(19-2)12(18)15-10-5-13-16(6-10)7-11(17)14-9-3-4-9/h5-6,8-9H,3-4,7H2,1-2H3,(H,14,17)(H,15,18). The molecule has 1 fully saturated rings. The highest BCUT2D eigenvalue weighted by molar-refractivity contribution is 5.93. The number of hydrogen-bond acceptors (Lipinski definition) is 4. The first-order chi connectivity index (χ1) is 9.08. The van der Waals surface area contributed by atoms with Gasteiger partial charge in [-0.05, 0) is 19.8 Å². The average Bonchev–Trinajstić information content (AvgIpc) is 3.08. The molecule has 19 heavy (non-hydrogen) atoms. The predicted octanol–water partition coefficient (Wildman–Crippen LogP) is 0.135. The van der Waals surface area contributed by atoms with Crippen LogP contribution < -0.4 is 10.6 Å². The van der Waals surface area contributed by atoms with Crippen LogP contribution >= 0.6 is 0 Å². The van der Waals surface area contributed by atoms with E-state index in [0.29, 0.717) is 11.7 Å². The van der Waals surface area contributed by atoms with Gasteiger partial charge in [0.2, 0.25) is 5.91 Å². The molecule has 0 aromatic carbocycles. The topological polar surface area (TPSA) is 85.2 Å². The van der Waals surface area contributed by atoms with Gasteiger partial charge in [-0.3, -0.25) is 14.3 Å². The Balaban J connectivity index is 1.84. The van der Waals surface area contributed by atoms with Crippen LogP contribution in [0, 0.1) is 0 Å². The molecule has 0 radical (unpaired) electrons. The van der Waals surface area contributed by atoms with Crippen molar-refractivity contribution in [1.29, 1.82) is 0 Å². The van der Waals surface area contributed by atoms with E-state index in [1.165, 1.54) is 18.0 Å². The summed E-state index contributed by atoms with van der Waals surface area (Å²) >= 11 is 0. The Labute approximate surface area is 111 Å². The van der Waals surface area contributed by atoms with Gasteiger partial charge in [0.15, 0.2) is 0 Å². The summed E-state index contributed by atoms with van der Waals surface area (Å²) in [6.45, 7) is 1.81. The summed E-state index contributed by atoms with van der Waals surface area (Å²) in [6.07, 6.45) is 4.71. The van der Waals surface area contributed by atoms with E-state index in [-0.39, 0.29) is 18.4 Å². The Kier molecular flexibility index (Phi) is 4.16. The van der Waals surface area contributed by atoms with Crippen LogP contribution in [0.5, 0.6) is 0 Å². The lowest BCUT2D eigenvalue weighted by Crippen LogP contribution is -2.29. The molecule has 0 aliphatic heterocycles. The molecule has 2 amide bonds. The van der Waals surface area contributed by atoms with Crippen LogP contribution in [0.15, 0.2) is 12.4 Å². The summed E-state index contributed by atoms with van der Waals surface area (Å²) in [4.78, 5) is 23.1. The normalized spacial score (nSPS) is 15.9. The molecule has 0 bridgehead atoms. The van der Waals surface area contributed by atoms with Gasteiger partial charge in [-0.15, -0.1) is 0 Å². The van der Waals surface area contributed by atoms with Crippen molar-refractivity contribution >= 4 is 17.5 Å². The van der Waals surface area contributed by atoms with E-state index in [0.717, 1.165) is 12.8 Å². The third-order valence-electron chi connectivity index (χ3n) is 2.87. The number of aromatic nitrogens is 2. The van der Waals surface area contributed by atoms with Gasteiger partial charge in [0, 0.05) is 19.3 Å². The Morgan fingerprint density at radius 1 is 1.58 bits per heavy atom. The zero-order valence-corrected chi connectivity index (χ0v) is 11.0. The van der Waals surface area contributed by atoms with Crippen molar-refractivity contribution in [2.45, 2.75) is 38.5 Å². The van der Waals surface area contributed by atoms with Crippen molar-refractivity contribution in [3.8, 4) is 0 Å². The smallest absolute Gasteiger partial charge is 0.253 e. The zero-order chi connectivity index (χ0) is 13.8. The molecule has 2 N–H and O–H groups in total. The van der Waals surface area contributed by atoms with Crippen LogP contribution in [-0.4, -0.2) is 40.9 Å². The minimum Gasteiger partial charge on any atom is -0.372 e. The second-order valence-corrected chi connectivity index (χ2v) is 4.64. The molecule has 1 aliphatic carbocycles. The van der Waals surface area contributed by atoms with Crippen molar-refractivity contribution in [2.75, 3.05) is 12.4 Å². The highest BCUT2D eigenvalue weighted by atomic mass is 16.5. The molecule has 1 unspecified atom stereocenters. The van der Waals surface area contributed by atoms with Gasteiger partial charge in [-0.25, -0.2) is 0 Å². The third-order valence-corrected chi connectivity index (χ3v) is 2.87. The first-order valence-corrected chi connectivity index (χ1v) is 6.24. The molecule has 0 saturated heterocycles. The molecule has 1 aromatic rings. The first kappa shape index (κ1) is 13.5. The van der Waals surface area contributed by atoms with Crippen molar-refractivity contribution in [3.05, 3.63) is 12.4 Å². The fraction of sp³-hybridized carbons (Fsp3) is 0.583. The van der Waals surface area contributed by atoms with Gasteiger partial charge in [0.1, 0.15) is 12.6 Å². The minimum atomic E-state index is -0.526. The molecule has 1 aromatic heterocycles. The van der Waals surface area contributed by atoms with Crippen molar-refractivity contribution in [1.82, 2.24) is 15.1 Å². The molecule has 104 valence electrons. The fourth-order valence-electron chi connectivity index (χ4n) is 1.51. The summed E-state index contributed by atoms with van der Waals surface area (Å²) in [5.74, 6) is -0.307. The summed E-state index contributed by atoms with van der Waals surface area (Å²) in [5, 5.41) is 9.56. The second-order valence-electron chi connectivity index (χ2n) is 4.64. The van der Waals surface area contributed by atoms with E-state index in [1.54, 1.807) is 13.1 Å². The maximum Gasteiger partial charge on any atom is 0.253 e. The first-order valence-electron chi connectivity index (χ1n) is 6.24. The van der Waals surface area contributed by atoms with E-state index >= 15 is 0 Å². The van der Waals surface area contributed by atoms with Crippen LogP contribution in [0.3, 0.4) is 0 Å². The molecule has 0 spiro atoms. The van der Waals surface area contributed by atoms with Crippen LogP contribution in [0.1, 0.15) is 19.8 Å². The van der Waals surface area contributed by atoms with E-state index in [4.69, 9.17) is 4.74 Å². The molecule has 7 heteroatoms. The van der Waals surface area contributed by atoms with Gasteiger partial charge < -0.3 is 15.4 Å². The van der Waals surface area contributed by atoms with E-state index in [9.17, 15) is 9.59 Å². The van der Waals surface area contributed by atoms with Gasteiger partial charge in [0.25, 0.3) is 5.91 Å². The lowest BCUT2D eigenvalue weighted by molar-refractivity contribution is -0.124. The van der Waals surface area contributed by atoms with Crippen LogP contribution in [0.2, 0.25) is 0 Å². The lowest BCUT2D eigenvalue weighted by Gasteiger charge is -2.08. The van der Waals surface area contributed by atoms with Crippen molar-refractivity contribution in [2.24, 2.45) is 0 Å². The molecule has 2 rings (SSSR count). The number of rotatable bonds is 6. The molecule has 1 atom stereocenters. The quantitative estimate of drug-likeness (QED) is 0.766. The number of methoxy groups -OCH3 is 1. The summed E-state index contributed by atoms with van der Waals surface area (Å²) in [5.41, 5.74) is 0.549. The number of nitrogens with one attached hydrogen (secondary N) is 2. The van der Waals surface area contributed by atoms with Crippen LogP contribution in [0.4, 0.5) is 5.69 Å². The number of amides is 2. The van der Waals surface area contributed by atoms with Gasteiger partial charge in [-0.1, -0.05) is 0 Å². The summed E-state index contributed by atoms with van der Waals surface area (Å²) in [7, 11) is 1.47. The molecule has 1 aliphatic rings. The number of carbonyl (C=O) groups is 2. The Morgan fingerprint density at radius 3 is 2.95 bits per heavy atom. The highest BCUT2D eigenvalue weighted by Gasteiger charge is 2.23. The molecular weight excluding hydrogens is 248 g/mol. The minimum absolute atomic E-state index is 0.0614. The number of carbonyl (C=O) groups excluding carboxylic acids is 2. The largest absolute Gasteiger partial charge is 0.372 e. The molecule has 1 saturated carbocycles. The molecular formula is C12H18N4O3. The lowest BCUT2D eigenvalue weighted by atomic mass is 10.3. The van der Waals surface area contributed by atoms with Gasteiger partial charge in [-0.2, -0.15) is 5.10 Å².